The molecule has 1 aliphatic rings. The van der Waals surface area contributed by atoms with E-state index in [4.69, 9.17) is 5.73 Å². The summed E-state index contributed by atoms with van der Waals surface area (Å²) < 4.78 is 1.43. The molecule has 0 saturated carbocycles. The van der Waals surface area contributed by atoms with E-state index in [1.165, 1.54) is 29.7 Å². The molecule has 0 bridgehead atoms. The van der Waals surface area contributed by atoms with Crippen molar-refractivity contribution in [2.75, 3.05) is 31.1 Å². The van der Waals surface area contributed by atoms with Crippen LogP contribution in [0.1, 0.15) is 10.5 Å². The second kappa shape index (κ2) is 7.21. The van der Waals surface area contributed by atoms with E-state index in [-0.39, 0.29) is 31.2 Å². The van der Waals surface area contributed by atoms with Crippen LogP contribution in [-0.2, 0) is 11.3 Å². The Hall–Kier alpha value is -3.08. The number of hydrogen-bond donors (Lipinski definition) is 2. The van der Waals surface area contributed by atoms with Gasteiger partial charge in [-0.3, -0.25) is 14.6 Å². The molecule has 11 heteroatoms. The lowest BCUT2D eigenvalue weighted by Crippen LogP contribution is -2.39. The second-order valence-electron chi connectivity index (χ2n) is 5.66. The van der Waals surface area contributed by atoms with Crippen molar-refractivity contribution < 1.29 is 14.7 Å². The fraction of sp³-hybridized carbons (Fsp3) is 0.429. The number of aliphatic hydroxyl groups is 1. The second-order valence-corrected chi connectivity index (χ2v) is 5.66. The molecule has 0 aliphatic carbocycles. The number of carbonyl (C=O) groups excluding carboxylic acids is 2. The molecule has 132 valence electrons. The zero-order valence-corrected chi connectivity index (χ0v) is 13.4. The zero-order chi connectivity index (χ0) is 17.8. The first-order valence-electron chi connectivity index (χ1n) is 7.68. The summed E-state index contributed by atoms with van der Waals surface area (Å²) in [5.41, 5.74) is 5.27. The summed E-state index contributed by atoms with van der Waals surface area (Å²) in [6, 6.07) is 0. The van der Waals surface area contributed by atoms with E-state index in [2.05, 4.69) is 20.1 Å². The van der Waals surface area contributed by atoms with Gasteiger partial charge in [0.1, 0.15) is 30.7 Å². The summed E-state index contributed by atoms with van der Waals surface area (Å²) in [5, 5.41) is 14.1. The van der Waals surface area contributed by atoms with Crippen LogP contribution in [0.25, 0.3) is 0 Å². The van der Waals surface area contributed by atoms with Gasteiger partial charge < -0.3 is 20.6 Å². The highest BCUT2D eigenvalue weighted by Crippen LogP contribution is 2.14. The molecule has 1 saturated heterocycles. The number of aromatic nitrogens is 5. The first-order chi connectivity index (χ1) is 12.0. The fourth-order valence-corrected chi connectivity index (χ4v) is 2.60. The maximum absolute atomic E-state index is 12.4. The molecule has 2 amide bonds. The molecule has 0 radical (unpaired) electrons. The molecule has 3 heterocycles. The third kappa shape index (κ3) is 4.07. The normalized spacial score (nSPS) is 18.0. The molecule has 2 aromatic heterocycles. The van der Waals surface area contributed by atoms with Crippen molar-refractivity contribution in [2.45, 2.75) is 12.6 Å². The molecule has 3 rings (SSSR count). The van der Waals surface area contributed by atoms with Crippen LogP contribution in [0, 0.1) is 0 Å². The van der Waals surface area contributed by atoms with Gasteiger partial charge in [0.05, 0.1) is 18.5 Å². The monoisotopic (exact) mass is 346 g/mol. The lowest BCUT2D eigenvalue weighted by Gasteiger charge is -2.22. The van der Waals surface area contributed by atoms with Crippen molar-refractivity contribution >= 4 is 17.6 Å². The van der Waals surface area contributed by atoms with Crippen LogP contribution in [0.4, 0.5) is 5.82 Å². The number of primary amides is 1. The maximum atomic E-state index is 12.4. The molecule has 1 fully saturated rings. The highest BCUT2D eigenvalue weighted by atomic mass is 16.3. The smallest absolute Gasteiger partial charge is 0.268 e. The average Bonchev–Trinajstić information content (AvgIpc) is 3.01. The minimum Gasteiger partial charge on any atom is -0.389 e. The summed E-state index contributed by atoms with van der Waals surface area (Å²) in [6.45, 7) is 1.37. The molecule has 1 atom stereocenters. The van der Waals surface area contributed by atoms with Crippen LogP contribution in [0.5, 0.6) is 0 Å². The molecular weight excluding hydrogens is 328 g/mol. The van der Waals surface area contributed by atoms with Crippen LogP contribution >= 0.6 is 0 Å². The number of β-amino-alcohol motifs (C(OH)–C–C–N with tert-alkyl or cyclic N) is 1. The molecule has 0 aromatic carbocycles. The Balaban J connectivity index is 1.69. The van der Waals surface area contributed by atoms with Gasteiger partial charge in [-0.2, -0.15) is 5.10 Å². The SMILES string of the molecule is NC(=O)c1cncc(N2CCN(C(=O)Cn3cncn3)C[C@H](O)C2)n1. The quantitative estimate of drug-likeness (QED) is 0.639. The largest absolute Gasteiger partial charge is 0.389 e. The summed E-state index contributed by atoms with van der Waals surface area (Å²) in [7, 11) is 0. The van der Waals surface area contributed by atoms with Crippen LogP contribution in [0.3, 0.4) is 0 Å². The van der Waals surface area contributed by atoms with Crippen molar-refractivity contribution in [3.05, 3.63) is 30.7 Å². The summed E-state index contributed by atoms with van der Waals surface area (Å²) >= 11 is 0. The van der Waals surface area contributed by atoms with Gasteiger partial charge in [-0.15, -0.1) is 0 Å². The van der Waals surface area contributed by atoms with Gasteiger partial charge >= 0.3 is 0 Å². The predicted molar refractivity (Wildman–Crippen MR) is 85.4 cm³/mol. The molecule has 0 unspecified atom stereocenters. The van der Waals surface area contributed by atoms with E-state index in [1.807, 2.05) is 0 Å². The van der Waals surface area contributed by atoms with Gasteiger partial charge in [0.2, 0.25) is 5.91 Å². The Kier molecular flexibility index (Phi) is 4.84. The van der Waals surface area contributed by atoms with Crippen LogP contribution < -0.4 is 10.6 Å². The van der Waals surface area contributed by atoms with E-state index < -0.39 is 12.0 Å². The standard InChI is InChI=1S/C14H18N8O3/c15-14(25)11-3-16-4-12(19-11)20-1-2-21(6-10(23)5-20)13(24)7-22-9-17-8-18-22/h3-4,8-10,23H,1-2,5-7H2,(H2,15,25)/t10-/m1/s1. The van der Waals surface area contributed by atoms with Crippen LogP contribution in [0.15, 0.2) is 25.0 Å². The number of carbonyl (C=O) groups is 2. The van der Waals surface area contributed by atoms with E-state index in [0.29, 0.717) is 18.9 Å². The predicted octanol–water partition coefficient (Wildman–Crippen LogP) is -2.12. The van der Waals surface area contributed by atoms with Gasteiger partial charge in [0.15, 0.2) is 0 Å². The highest BCUT2D eigenvalue weighted by molar-refractivity contribution is 5.90. The van der Waals surface area contributed by atoms with Crippen LogP contribution in [-0.4, -0.2) is 78.8 Å². The third-order valence-electron chi connectivity index (χ3n) is 3.82. The average molecular weight is 346 g/mol. The lowest BCUT2D eigenvalue weighted by molar-refractivity contribution is -0.132. The van der Waals surface area contributed by atoms with E-state index in [1.54, 1.807) is 9.80 Å². The number of anilines is 1. The summed E-state index contributed by atoms with van der Waals surface area (Å²) in [6.07, 6.45) is 4.83. The topological polar surface area (TPSA) is 143 Å². The Morgan fingerprint density at radius 2 is 2.08 bits per heavy atom. The number of nitrogens with zero attached hydrogens (tertiary/aromatic N) is 7. The molecule has 1 aliphatic heterocycles. The van der Waals surface area contributed by atoms with E-state index in [0.717, 1.165) is 0 Å². The third-order valence-corrected chi connectivity index (χ3v) is 3.82. The number of hydrogen-bond acceptors (Lipinski definition) is 8. The van der Waals surface area contributed by atoms with Gasteiger partial charge in [-0.1, -0.05) is 0 Å². The van der Waals surface area contributed by atoms with Crippen molar-refractivity contribution in [3.8, 4) is 0 Å². The number of rotatable bonds is 4. The van der Waals surface area contributed by atoms with Crippen molar-refractivity contribution in [1.29, 1.82) is 0 Å². The van der Waals surface area contributed by atoms with Gasteiger partial charge in [-0.25, -0.2) is 14.6 Å². The van der Waals surface area contributed by atoms with Crippen LogP contribution in [0.2, 0.25) is 0 Å². The van der Waals surface area contributed by atoms with E-state index in [9.17, 15) is 14.7 Å². The molecular formula is C14H18N8O3. The maximum Gasteiger partial charge on any atom is 0.268 e. The number of amides is 2. The minimum absolute atomic E-state index is 0.0513. The molecule has 25 heavy (non-hydrogen) atoms. The minimum atomic E-state index is -0.763. The van der Waals surface area contributed by atoms with Gasteiger partial charge in [0, 0.05) is 26.2 Å². The zero-order valence-electron chi connectivity index (χ0n) is 13.4. The molecule has 2 aromatic rings. The van der Waals surface area contributed by atoms with Crippen molar-refractivity contribution in [1.82, 2.24) is 29.6 Å². The number of aliphatic hydroxyl groups excluding tert-OH is 1. The Morgan fingerprint density at radius 3 is 2.80 bits per heavy atom. The van der Waals surface area contributed by atoms with Gasteiger partial charge in [0.25, 0.3) is 5.91 Å². The lowest BCUT2D eigenvalue weighted by atomic mass is 10.3. The first kappa shape index (κ1) is 16.8. The van der Waals surface area contributed by atoms with Gasteiger partial charge in [-0.05, 0) is 0 Å². The number of nitrogens with two attached hydrogens (primary N) is 1. The van der Waals surface area contributed by atoms with Crippen molar-refractivity contribution in [3.63, 3.8) is 0 Å². The van der Waals surface area contributed by atoms with Crippen molar-refractivity contribution in [2.24, 2.45) is 5.73 Å². The molecule has 3 N–H and O–H groups in total. The summed E-state index contributed by atoms with van der Waals surface area (Å²) in [4.78, 5) is 38.9. The Morgan fingerprint density at radius 1 is 1.24 bits per heavy atom. The Bertz CT molecular complexity index is 750. The molecule has 11 nitrogen and oxygen atoms in total. The summed E-state index contributed by atoms with van der Waals surface area (Å²) in [5.74, 6) is -0.404. The Labute approximate surface area is 143 Å². The molecule has 0 spiro atoms. The fourth-order valence-electron chi connectivity index (χ4n) is 2.60. The first-order valence-corrected chi connectivity index (χ1v) is 7.68. The highest BCUT2D eigenvalue weighted by Gasteiger charge is 2.25. The van der Waals surface area contributed by atoms with E-state index >= 15 is 0 Å².